The molecule has 0 heterocycles. The van der Waals surface area contributed by atoms with Gasteiger partial charge < -0.3 is 5.32 Å². The van der Waals surface area contributed by atoms with Crippen LogP contribution in [0.4, 0.5) is 0 Å². The maximum Gasteiger partial charge on any atom is 0.220 e. The Labute approximate surface area is 141 Å². The molecule has 1 atom stereocenters. The van der Waals surface area contributed by atoms with E-state index in [1.165, 1.54) is 5.56 Å². The van der Waals surface area contributed by atoms with E-state index in [0.717, 1.165) is 11.1 Å². The van der Waals surface area contributed by atoms with Gasteiger partial charge in [-0.1, -0.05) is 53.5 Å². The summed E-state index contributed by atoms with van der Waals surface area (Å²) in [5.41, 5.74) is 3.13. The Morgan fingerprint density at radius 1 is 1.09 bits per heavy atom. The second-order valence-corrected chi connectivity index (χ2v) is 6.16. The lowest BCUT2D eigenvalue weighted by Gasteiger charge is -2.16. The molecule has 4 heteroatoms. The third-order valence-electron chi connectivity index (χ3n) is 3.70. The molecule has 0 aromatic heterocycles. The van der Waals surface area contributed by atoms with Crippen molar-refractivity contribution in [3.63, 3.8) is 0 Å². The summed E-state index contributed by atoms with van der Waals surface area (Å²) in [6.45, 7) is 4.03. The maximum absolute atomic E-state index is 12.1. The molecule has 2 aromatic rings. The van der Waals surface area contributed by atoms with Crippen LogP contribution in [0.2, 0.25) is 10.0 Å². The van der Waals surface area contributed by atoms with Gasteiger partial charge in [-0.2, -0.15) is 0 Å². The summed E-state index contributed by atoms with van der Waals surface area (Å²) >= 11 is 12.2. The number of hydrogen-bond donors (Lipinski definition) is 1. The van der Waals surface area contributed by atoms with Crippen molar-refractivity contribution in [1.29, 1.82) is 0 Å². The topological polar surface area (TPSA) is 29.1 Å². The molecule has 0 saturated carbocycles. The highest BCUT2D eigenvalue weighted by Gasteiger charge is 2.13. The normalized spacial score (nSPS) is 12.0. The number of benzene rings is 2. The minimum absolute atomic E-state index is 0.00765. The third-order valence-corrected chi connectivity index (χ3v) is 4.40. The molecule has 0 radical (unpaired) electrons. The fraction of sp³-hybridized carbons (Fsp3) is 0.278. The van der Waals surface area contributed by atoms with E-state index >= 15 is 0 Å². The van der Waals surface area contributed by atoms with Crippen molar-refractivity contribution in [2.24, 2.45) is 0 Å². The van der Waals surface area contributed by atoms with Crippen LogP contribution in [0, 0.1) is 6.92 Å². The minimum atomic E-state index is -0.0181. The lowest BCUT2D eigenvalue weighted by atomic mass is 10.0. The number of carbonyl (C=O) groups is 1. The van der Waals surface area contributed by atoms with E-state index in [9.17, 15) is 4.79 Å². The summed E-state index contributed by atoms with van der Waals surface area (Å²) in [5.74, 6) is -0.00765. The molecule has 0 aliphatic heterocycles. The molecule has 116 valence electrons. The van der Waals surface area contributed by atoms with Gasteiger partial charge in [0.05, 0.1) is 6.04 Å². The van der Waals surface area contributed by atoms with Crippen molar-refractivity contribution in [3.8, 4) is 0 Å². The van der Waals surface area contributed by atoms with Gasteiger partial charge >= 0.3 is 0 Å². The van der Waals surface area contributed by atoms with Crippen molar-refractivity contribution >= 4 is 29.1 Å². The van der Waals surface area contributed by atoms with Gasteiger partial charge in [-0.05, 0) is 49.1 Å². The second kappa shape index (κ2) is 7.66. The summed E-state index contributed by atoms with van der Waals surface area (Å²) in [6, 6.07) is 13.4. The first-order valence-electron chi connectivity index (χ1n) is 7.27. The Balaban J connectivity index is 1.95. The van der Waals surface area contributed by atoms with Gasteiger partial charge in [-0.25, -0.2) is 0 Å². The monoisotopic (exact) mass is 335 g/mol. The van der Waals surface area contributed by atoms with Crippen LogP contribution in [0.1, 0.15) is 36.1 Å². The molecule has 2 aromatic carbocycles. The highest BCUT2D eigenvalue weighted by Crippen LogP contribution is 2.25. The molecular formula is C18H19Cl2NO. The van der Waals surface area contributed by atoms with Crippen LogP contribution in [-0.2, 0) is 11.2 Å². The first kappa shape index (κ1) is 16.9. The van der Waals surface area contributed by atoms with Crippen LogP contribution in [0.3, 0.4) is 0 Å². The molecule has 22 heavy (non-hydrogen) atoms. The van der Waals surface area contributed by atoms with Crippen molar-refractivity contribution < 1.29 is 4.79 Å². The number of nitrogens with one attached hydrogen (secondary N) is 1. The molecule has 2 rings (SSSR count). The van der Waals surface area contributed by atoms with Crippen molar-refractivity contribution in [2.75, 3.05) is 0 Å². The number of halogens is 2. The van der Waals surface area contributed by atoms with E-state index in [-0.39, 0.29) is 11.9 Å². The molecular weight excluding hydrogens is 317 g/mol. The fourth-order valence-electron chi connectivity index (χ4n) is 2.47. The average Bonchev–Trinajstić information content (AvgIpc) is 2.47. The standard InChI is InChI=1S/C18H19Cl2NO/c1-12-6-3-4-7-14(12)13(2)21-18(22)11-10-15-16(19)8-5-9-17(15)20/h3-9,13H,10-11H2,1-2H3,(H,21,22)/t13-/m0/s1. The molecule has 0 aliphatic rings. The summed E-state index contributed by atoms with van der Waals surface area (Å²) < 4.78 is 0. The van der Waals surface area contributed by atoms with Gasteiger partial charge in [0.25, 0.3) is 0 Å². The second-order valence-electron chi connectivity index (χ2n) is 5.35. The van der Waals surface area contributed by atoms with Crippen molar-refractivity contribution in [1.82, 2.24) is 5.32 Å². The lowest BCUT2D eigenvalue weighted by Crippen LogP contribution is -2.27. The zero-order valence-electron chi connectivity index (χ0n) is 12.7. The summed E-state index contributed by atoms with van der Waals surface area (Å²) in [7, 11) is 0. The first-order valence-corrected chi connectivity index (χ1v) is 8.02. The Bertz CT molecular complexity index is 650. The van der Waals surface area contributed by atoms with E-state index in [2.05, 4.69) is 5.32 Å². The smallest absolute Gasteiger partial charge is 0.220 e. The quantitative estimate of drug-likeness (QED) is 0.807. The Hall–Kier alpha value is -1.51. The van der Waals surface area contributed by atoms with Gasteiger partial charge in [0.15, 0.2) is 0 Å². The van der Waals surface area contributed by atoms with Crippen LogP contribution in [0.5, 0.6) is 0 Å². The maximum atomic E-state index is 12.1. The highest BCUT2D eigenvalue weighted by atomic mass is 35.5. The van der Waals surface area contributed by atoms with Crippen LogP contribution in [0.15, 0.2) is 42.5 Å². The number of rotatable bonds is 5. The zero-order valence-corrected chi connectivity index (χ0v) is 14.2. The molecule has 0 fully saturated rings. The minimum Gasteiger partial charge on any atom is -0.350 e. The van der Waals surface area contributed by atoms with Crippen LogP contribution < -0.4 is 5.32 Å². The molecule has 1 N–H and O–H groups in total. The number of hydrogen-bond acceptors (Lipinski definition) is 1. The zero-order chi connectivity index (χ0) is 16.1. The summed E-state index contributed by atoms with van der Waals surface area (Å²) in [4.78, 5) is 12.1. The van der Waals surface area contributed by atoms with Crippen molar-refractivity contribution in [2.45, 2.75) is 32.7 Å². The molecule has 0 bridgehead atoms. The predicted molar refractivity (Wildman–Crippen MR) is 92.5 cm³/mol. The molecule has 0 spiro atoms. The summed E-state index contributed by atoms with van der Waals surface area (Å²) in [5, 5.41) is 4.23. The number of carbonyl (C=O) groups excluding carboxylic acids is 1. The van der Waals surface area contributed by atoms with Gasteiger partial charge in [0.1, 0.15) is 0 Å². The Morgan fingerprint density at radius 3 is 2.36 bits per heavy atom. The Kier molecular flexibility index (Phi) is 5.87. The van der Waals surface area contributed by atoms with Gasteiger partial charge in [0.2, 0.25) is 5.91 Å². The molecule has 2 nitrogen and oxygen atoms in total. The van der Waals surface area contributed by atoms with E-state index in [1.807, 2.05) is 38.1 Å². The van der Waals surface area contributed by atoms with Crippen LogP contribution in [0.25, 0.3) is 0 Å². The van der Waals surface area contributed by atoms with E-state index in [4.69, 9.17) is 23.2 Å². The van der Waals surface area contributed by atoms with Crippen LogP contribution >= 0.6 is 23.2 Å². The Morgan fingerprint density at radius 2 is 1.73 bits per heavy atom. The van der Waals surface area contributed by atoms with Gasteiger partial charge in [0, 0.05) is 16.5 Å². The van der Waals surface area contributed by atoms with E-state index in [0.29, 0.717) is 22.9 Å². The van der Waals surface area contributed by atoms with E-state index in [1.54, 1.807) is 18.2 Å². The molecule has 0 saturated heterocycles. The first-order chi connectivity index (χ1) is 10.5. The average molecular weight is 336 g/mol. The van der Waals surface area contributed by atoms with E-state index < -0.39 is 0 Å². The van der Waals surface area contributed by atoms with Crippen molar-refractivity contribution in [3.05, 3.63) is 69.2 Å². The molecule has 0 aliphatic carbocycles. The number of aryl methyl sites for hydroxylation is 1. The molecule has 0 unspecified atom stereocenters. The highest BCUT2D eigenvalue weighted by molar-refractivity contribution is 6.36. The molecule has 1 amide bonds. The predicted octanol–water partition coefficient (Wildman–Crippen LogP) is 5.11. The lowest BCUT2D eigenvalue weighted by molar-refractivity contribution is -0.121. The largest absolute Gasteiger partial charge is 0.350 e. The van der Waals surface area contributed by atoms with Crippen LogP contribution in [-0.4, -0.2) is 5.91 Å². The summed E-state index contributed by atoms with van der Waals surface area (Å²) in [6.07, 6.45) is 0.893. The fourth-order valence-corrected chi connectivity index (χ4v) is 3.06. The van der Waals surface area contributed by atoms with Gasteiger partial charge in [-0.15, -0.1) is 0 Å². The SMILES string of the molecule is Cc1ccccc1[C@H](C)NC(=O)CCc1c(Cl)cccc1Cl. The van der Waals surface area contributed by atoms with Gasteiger partial charge in [-0.3, -0.25) is 4.79 Å². The third kappa shape index (κ3) is 4.25. The number of amides is 1.